The second kappa shape index (κ2) is 11.0. The van der Waals surface area contributed by atoms with Crippen LogP contribution in [0, 0.1) is 6.92 Å². The number of nitrogens with zero attached hydrogens (tertiary/aromatic N) is 2. The molecule has 0 saturated heterocycles. The monoisotopic (exact) mass is 504 g/mol. The van der Waals surface area contributed by atoms with Gasteiger partial charge in [0, 0.05) is 28.2 Å². The van der Waals surface area contributed by atoms with Crippen LogP contribution in [-0.4, -0.2) is 36.6 Å². The zero-order valence-corrected chi connectivity index (χ0v) is 21.3. The number of amides is 1. The van der Waals surface area contributed by atoms with E-state index in [1.54, 1.807) is 34.4 Å². The summed E-state index contributed by atoms with van der Waals surface area (Å²) in [4.78, 5) is 17.7. The largest absolute Gasteiger partial charge is 0.332 e. The number of hydrogen-bond donors (Lipinski definition) is 0. The number of rotatable bonds is 10. The lowest BCUT2D eigenvalue weighted by Crippen LogP contribution is -2.42. The predicted octanol–water partition coefficient (Wildman–Crippen LogP) is 5.62. The van der Waals surface area contributed by atoms with E-state index in [2.05, 4.69) is 6.58 Å². The maximum absolute atomic E-state index is 13.7. The fourth-order valence-electron chi connectivity index (χ4n) is 4.00. The topological polar surface area (TPSA) is 57.7 Å². The van der Waals surface area contributed by atoms with Crippen LogP contribution in [0.3, 0.4) is 0 Å². The Morgan fingerprint density at radius 3 is 2.34 bits per heavy atom. The molecule has 0 bridgehead atoms. The van der Waals surface area contributed by atoms with Crippen molar-refractivity contribution in [3.8, 4) is 0 Å². The second-order valence-corrected chi connectivity index (χ2v) is 11.6. The third-order valence-electron chi connectivity index (χ3n) is 5.72. The van der Waals surface area contributed by atoms with Crippen LogP contribution in [0.1, 0.15) is 15.3 Å². The number of sulfonamides is 1. The molecule has 0 unspecified atom stereocenters. The third kappa shape index (κ3) is 5.88. The van der Waals surface area contributed by atoms with E-state index >= 15 is 0 Å². The van der Waals surface area contributed by atoms with Crippen LogP contribution in [0.15, 0.2) is 102 Å². The first-order valence-corrected chi connectivity index (χ1v) is 13.6. The van der Waals surface area contributed by atoms with Crippen molar-refractivity contribution < 1.29 is 13.2 Å². The van der Waals surface area contributed by atoms with E-state index in [0.717, 1.165) is 15.8 Å². The first-order valence-electron chi connectivity index (χ1n) is 11.3. The summed E-state index contributed by atoms with van der Waals surface area (Å²) in [5, 5.41) is 1.46. The van der Waals surface area contributed by atoms with Gasteiger partial charge >= 0.3 is 0 Å². The van der Waals surface area contributed by atoms with E-state index < -0.39 is 10.0 Å². The van der Waals surface area contributed by atoms with Crippen molar-refractivity contribution in [3.63, 3.8) is 0 Å². The maximum atomic E-state index is 13.7. The summed E-state index contributed by atoms with van der Waals surface area (Å²) < 4.78 is 28.7. The minimum atomic E-state index is -3.94. The number of benzene rings is 3. The molecular weight excluding hydrogens is 476 g/mol. The molecule has 7 heteroatoms. The van der Waals surface area contributed by atoms with E-state index in [9.17, 15) is 13.2 Å². The number of hydrogen-bond acceptors (Lipinski definition) is 4. The molecule has 1 aromatic heterocycles. The molecule has 1 amide bonds. The average Bonchev–Trinajstić information content (AvgIpc) is 3.28. The molecule has 0 aliphatic carbocycles. The smallest absolute Gasteiger partial charge is 0.244 e. The van der Waals surface area contributed by atoms with Crippen molar-refractivity contribution >= 4 is 38.0 Å². The van der Waals surface area contributed by atoms with Crippen molar-refractivity contribution in [1.29, 1.82) is 0 Å². The Balaban J connectivity index is 1.64. The number of thiophene rings is 1. The number of carbonyl (C=O) groups excluding carboxylic acids is 1. The van der Waals surface area contributed by atoms with Crippen LogP contribution in [0.2, 0.25) is 0 Å². The van der Waals surface area contributed by atoms with Crippen LogP contribution in [0.5, 0.6) is 0 Å². The summed E-state index contributed by atoms with van der Waals surface area (Å²) in [5.74, 6) is -0.259. The highest BCUT2D eigenvalue weighted by Crippen LogP contribution is 2.26. The molecular formula is C28H28N2O3S2. The molecule has 5 nitrogen and oxygen atoms in total. The Kier molecular flexibility index (Phi) is 7.80. The Morgan fingerprint density at radius 2 is 1.63 bits per heavy atom. The van der Waals surface area contributed by atoms with Crippen molar-refractivity contribution in [2.75, 3.05) is 13.1 Å². The SMILES string of the molecule is C=CCN(CC(=O)N(Cc1ccccc1)Cc1ccc(C)s1)S(=O)(=O)c1cccc2ccccc12. The molecule has 4 aromatic rings. The van der Waals surface area contributed by atoms with Crippen molar-refractivity contribution in [3.05, 3.63) is 113 Å². The predicted molar refractivity (Wildman–Crippen MR) is 143 cm³/mol. The fraction of sp³-hybridized carbons (Fsp3) is 0.179. The molecule has 0 aliphatic rings. The van der Waals surface area contributed by atoms with Crippen molar-refractivity contribution in [2.24, 2.45) is 0 Å². The summed E-state index contributed by atoms with van der Waals surface area (Å²) in [6, 6.07) is 26.3. The average molecular weight is 505 g/mol. The normalized spacial score (nSPS) is 11.6. The van der Waals surface area contributed by atoms with Crippen molar-refractivity contribution in [2.45, 2.75) is 24.9 Å². The van der Waals surface area contributed by atoms with E-state index in [-0.39, 0.29) is 23.9 Å². The molecule has 0 radical (unpaired) electrons. The van der Waals surface area contributed by atoms with E-state index in [1.807, 2.05) is 73.7 Å². The van der Waals surface area contributed by atoms with Gasteiger partial charge in [-0.3, -0.25) is 4.79 Å². The number of fused-ring (bicyclic) bond motifs is 1. The molecule has 3 aromatic carbocycles. The van der Waals surface area contributed by atoms with Gasteiger partial charge < -0.3 is 4.90 Å². The van der Waals surface area contributed by atoms with Gasteiger partial charge in [-0.25, -0.2) is 8.42 Å². The third-order valence-corrected chi connectivity index (χ3v) is 8.58. The van der Waals surface area contributed by atoms with Crippen LogP contribution < -0.4 is 0 Å². The van der Waals surface area contributed by atoms with Gasteiger partial charge in [0.1, 0.15) is 0 Å². The molecule has 0 aliphatic heterocycles. The Labute approximate surface area is 211 Å². The molecule has 35 heavy (non-hydrogen) atoms. The molecule has 0 saturated carbocycles. The van der Waals surface area contributed by atoms with Gasteiger partial charge in [0.15, 0.2) is 0 Å². The molecule has 0 fully saturated rings. The molecule has 0 spiro atoms. The summed E-state index contributed by atoms with van der Waals surface area (Å²) in [7, 11) is -3.94. The zero-order chi connectivity index (χ0) is 24.8. The zero-order valence-electron chi connectivity index (χ0n) is 19.6. The van der Waals surface area contributed by atoms with Gasteiger partial charge in [0.05, 0.1) is 18.0 Å². The lowest BCUT2D eigenvalue weighted by atomic mass is 10.1. The highest BCUT2D eigenvalue weighted by Gasteiger charge is 2.29. The van der Waals surface area contributed by atoms with Crippen LogP contribution in [0.25, 0.3) is 10.8 Å². The quantitative estimate of drug-likeness (QED) is 0.264. The molecule has 0 atom stereocenters. The molecule has 4 rings (SSSR count). The molecule has 180 valence electrons. The maximum Gasteiger partial charge on any atom is 0.244 e. The first kappa shape index (κ1) is 24.9. The first-order chi connectivity index (χ1) is 16.9. The summed E-state index contributed by atoms with van der Waals surface area (Å²) in [6.45, 7) is 6.34. The standard InChI is InChI=1S/C28H28N2O3S2/c1-3-18-30(35(32,33)27-15-9-13-24-12-7-8-14-26(24)27)21-28(31)29(19-23-10-5-4-6-11-23)20-25-17-16-22(2)34-25/h3-17H,1,18-21H2,2H3. The van der Waals surface area contributed by atoms with Gasteiger partial charge in [-0.1, -0.05) is 72.8 Å². The minimum absolute atomic E-state index is 0.0363. The van der Waals surface area contributed by atoms with Gasteiger partial charge in [-0.05, 0) is 36.1 Å². The van der Waals surface area contributed by atoms with Crippen LogP contribution in [0.4, 0.5) is 0 Å². The van der Waals surface area contributed by atoms with Crippen LogP contribution >= 0.6 is 11.3 Å². The van der Waals surface area contributed by atoms with Crippen molar-refractivity contribution in [1.82, 2.24) is 9.21 Å². The van der Waals surface area contributed by atoms with Crippen LogP contribution in [-0.2, 0) is 27.9 Å². The lowest BCUT2D eigenvalue weighted by Gasteiger charge is -2.27. The molecule has 0 N–H and O–H groups in total. The Bertz CT molecular complexity index is 1420. The summed E-state index contributed by atoms with van der Waals surface area (Å²) in [6.07, 6.45) is 1.51. The van der Waals surface area contributed by atoms with E-state index in [4.69, 9.17) is 0 Å². The minimum Gasteiger partial charge on any atom is -0.332 e. The van der Waals surface area contributed by atoms with Gasteiger partial charge in [0.2, 0.25) is 15.9 Å². The van der Waals surface area contributed by atoms with Gasteiger partial charge in [0.25, 0.3) is 0 Å². The summed E-state index contributed by atoms with van der Waals surface area (Å²) >= 11 is 1.64. The van der Waals surface area contributed by atoms with E-state index in [0.29, 0.717) is 18.5 Å². The highest BCUT2D eigenvalue weighted by molar-refractivity contribution is 7.89. The lowest BCUT2D eigenvalue weighted by molar-refractivity contribution is -0.132. The number of carbonyl (C=O) groups is 1. The van der Waals surface area contributed by atoms with Gasteiger partial charge in [-0.15, -0.1) is 17.9 Å². The molecule has 1 heterocycles. The van der Waals surface area contributed by atoms with Gasteiger partial charge in [-0.2, -0.15) is 4.31 Å². The summed E-state index contributed by atoms with van der Waals surface area (Å²) in [5.41, 5.74) is 0.987. The second-order valence-electron chi connectivity index (χ2n) is 8.31. The van der Waals surface area contributed by atoms with E-state index in [1.165, 1.54) is 15.3 Å². The Morgan fingerprint density at radius 1 is 0.914 bits per heavy atom. The highest BCUT2D eigenvalue weighted by atomic mass is 32.2. The Hall–Kier alpha value is -3.26. The number of aryl methyl sites for hydroxylation is 1. The fourth-order valence-corrected chi connectivity index (χ4v) is 6.48.